The number of halogens is 1. The number of nitrogens with two attached hydrogens (primary N) is 1. The van der Waals surface area contributed by atoms with E-state index in [1.54, 1.807) is 0 Å². The number of hydrogen-bond donors (Lipinski definition) is 2. The van der Waals surface area contributed by atoms with Gasteiger partial charge in [0.05, 0.1) is 6.54 Å². The van der Waals surface area contributed by atoms with Crippen molar-refractivity contribution in [3.05, 3.63) is 155 Å². The zero-order valence-electron chi connectivity index (χ0n) is 28.1. The third-order valence-electron chi connectivity index (χ3n) is 7.27. The maximum absolute atomic E-state index is 6.68. The van der Waals surface area contributed by atoms with E-state index >= 15 is 0 Å². The summed E-state index contributed by atoms with van der Waals surface area (Å²) >= 11 is 6.68. The average molecular weight is 643 g/mol. The molecule has 0 fully saturated rings. The number of rotatable bonds is 8. The Balaban J connectivity index is 0.00000114. The van der Waals surface area contributed by atoms with Gasteiger partial charge in [-0.3, -0.25) is 4.99 Å². The lowest BCUT2D eigenvalue weighted by atomic mass is 9.93. The van der Waals surface area contributed by atoms with E-state index < -0.39 is 0 Å². The van der Waals surface area contributed by atoms with E-state index in [4.69, 9.17) is 21.6 Å². The van der Waals surface area contributed by atoms with Gasteiger partial charge in [-0.05, 0) is 102 Å². The van der Waals surface area contributed by atoms with Crippen LogP contribution in [-0.4, -0.2) is 19.1 Å². The molecular formula is C42H47ClN4. The van der Waals surface area contributed by atoms with Crippen LogP contribution in [0.2, 0.25) is 5.02 Å². The van der Waals surface area contributed by atoms with Crippen LogP contribution in [0, 0.1) is 0 Å². The number of nitrogens with zero attached hydrogens (tertiary/aromatic N) is 2. The van der Waals surface area contributed by atoms with E-state index in [-0.39, 0.29) is 0 Å². The molecule has 0 aliphatic heterocycles. The molecule has 1 aliphatic rings. The molecule has 0 saturated carbocycles. The Bertz CT molecular complexity index is 1730. The summed E-state index contributed by atoms with van der Waals surface area (Å²) in [6.07, 6.45) is 16.9. The van der Waals surface area contributed by atoms with Crippen molar-refractivity contribution in [2.24, 2.45) is 15.7 Å². The highest BCUT2D eigenvalue weighted by Gasteiger charge is 2.12. The monoisotopic (exact) mass is 642 g/mol. The lowest BCUT2D eigenvalue weighted by Gasteiger charge is -2.14. The van der Waals surface area contributed by atoms with Gasteiger partial charge in [-0.2, -0.15) is 0 Å². The topological polar surface area (TPSA) is 62.8 Å². The molecule has 0 heterocycles. The second kappa shape index (κ2) is 20.2. The van der Waals surface area contributed by atoms with Gasteiger partial charge in [-0.1, -0.05) is 123 Å². The van der Waals surface area contributed by atoms with E-state index in [1.807, 2.05) is 64.4 Å². The molecule has 4 aromatic carbocycles. The van der Waals surface area contributed by atoms with Gasteiger partial charge in [0, 0.05) is 29.5 Å². The number of para-hydroxylation sites is 1. The van der Waals surface area contributed by atoms with Gasteiger partial charge in [0.15, 0.2) is 5.84 Å². The first kappa shape index (κ1) is 36.5. The number of anilines is 1. The molecule has 47 heavy (non-hydrogen) atoms. The van der Waals surface area contributed by atoms with Crippen molar-refractivity contribution in [3.63, 3.8) is 0 Å². The Morgan fingerprint density at radius 2 is 1.68 bits per heavy atom. The standard InChI is InChI=1S/C38H36ClN3.C2H5N.C2H6/c1-3-13-30-20-21-32(25-36(30)35-18-11-12-19-37(35)40-2)33-22-29(23-34(39)24-33)27-42-38(31-16-9-4-5-10-17-31)41-26-28-14-7-6-8-15-28;1-2-3;1-2/h3-4,6-9,11-16,18-25,27,40H,5,10,17,26H2,1-2H3;2H,1,3H2;1-2H3/b13-3-,41-38?,42-27?;;. The van der Waals surface area contributed by atoms with Crippen LogP contribution in [0.3, 0.4) is 0 Å². The lowest BCUT2D eigenvalue weighted by Crippen LogP contribution is -2.02. The van der Waals surface area contributed by atoms with E-state index in [2.05, 4.69) is 109 Å². The van der Waals surface area contributed by atoms with E-state index in [9.17, 15) is 0 Å². The van der Waals surface area contributed by atoms with Crippen molar-refractivity contribution in [3.8, 4) is 22.3 Å². The molecule has 1 aliphatic carbocycles. The Morgan fingerprint density at radius 3 is 2.43 bits per heavy atom. The molecule has 0 bridgehead atoms. The normalized spacial score (nSPS) is 12.8. The Kier molecular flexibility index (Phi) is 15.7. The smallest absolute Gasteiger partial charge is 0.150 e. The van der Waals surface area contributed by atoms with Crippen molar-refractivity contribution in [1.82, 2.24) is 0 Å². The largest absolute Gasteiger partial charge is 0.405 e. The van der Waals surface area contributed by atoms with Gasteiger partial charge >= 0.3 is 0 Å². The first-order valence-corrected chi connectivity index (χ1v) is 16.6. The minimum atomic E-state index is 0.588. The average Bonchev–Trinajstić information content (AvgIpc) is 3.40. The number of nitrogens with one attached hydrogen (secondary N) is 1. The fourth-order valence-corrected chi connectivity index (χ4v) is 5.40. The summed E-state index contributed by atoms with van der Waals surface area (Å²) in [6, 6.07) is 31.4. The zero-order valence-corrected chi connectivity index (χ0v) is 28.8. The summed E-state index contributed by atoms with van der Waals surface area (Å²) < 4.78 is 0. The van der Waals surface area contributed by atoms with Crippen LogP contribution in [0.15, 0.2) is 144 Å². The molecule has 0 amide bonds. The molecule has 5 rings (SSSR count). The molecule has 5 heteroatoms. The van der Waals surface area contributed by atoms with Gasteiger partial charge in [-0.15, -0.1) is 0 Å². The van der Waals surface area contributed by atoms with Gasteiger partial charge in [0.1, 0.15) is 0 Å². The maximum atomic E-state index is 6.68. The minimum absolute atomic E-state index is 0.588. The lowest BCUT2D eigenvalue weighted by molar-refractivity contribution is 0.857. The van der Waals surface area contributed by atoms with Crippen molar-refractivity contribution < 1.29 is 0 Å². The molecule has 0 unspecified atom stereocenters. The van der Waals surface area contributed by atoms with E-state index in [0.717, 1.165) is 75.3 Å². The van der Waals surface area contributed by atoms with Gasteiger partial charge in [0.25, 0.3) is 0 Å². The number of benzene rings is 4. The summed E-state index contributed by atoms with van der Waals surface area (Å²) in [6.45, 7) is 9.77. The van der Waals surface area contributed by atoms with Crippen molar-refractivity contribution >= 4 is 35.4 Å². The van der Waals surface area contributed by atoms with Crippen LogP contribution < -0.4 is 11.1 Å². The Hall–Kier alpha value is -4.93. The van der Waals surface area contributed by atoms with Crippen LogP contribution in [0.25, 0.3) is 28.3 Å². The number of allylic oxidation sites excluding steroid dienone is 4. The van der Waals surface area contributed by atoms with Crippen LogP contribution in [-0.2, 0) is 6.54 Å². The summed E-state index contributed by atoms with van der Waals surface area (Å²) in [5.74, 6) is 0.772. The second-order valence-corrected chi connectivity index (χ2v) is 10.9. The predicted molar refractivity (Wildman–Crippen MR) is 209 cm³/mol. The molecule has 0 radical (unpaired) electrons. The number of hydrogen-bond acceptors (Lipinski definition) is 3. The first-order valence-electron chi connectivity index (χ1n) is 16.2. The maximum Gasteiger partial charge on any atom is 0.150 e. The number of amidine groups is 1. The van der Waals surface area contributed by atoms with Crippen LogP contribution in [0.1, 0.15) is 56.7 Å². The van der Waals surface area contributed by atoms with Crippen LogP contribution in [0.5, 0.6) is 0 Å². The van der Waals surface area contributed by atoms with Crippen LogP contribution >= 0.6 is 11.6 Å². The Morgan fingerprint density at radius 1 is 0.936 bits per heavy atom. The predicted octanol–water partition coefficient (Wildman–Crippen LogP) is 11.5. The molecule has 0 spiro atoms. The number of aliphatic imine (C=N–C) groups is 2. The third kappa shape index (κ3) is 11.1. The van der Waals surface area contributed by atoms with E-state index in [1.165, 1.54) is 6.20 Å². The fraction of sp³-hybridized carbons (Fsp3) is 0.190. The minimum Gasteiger partial charge on any atom is -0.405 e. The summed E-state index contributed by atoms with van der Waals surface area (Å²) in [5.41, 5.74) is 14.6. The fourth-order valence-electron chi connectivity index (χ4n) is 5.15. The first-order chi connectivity index (χ1) is 23.1. The molecular weight excluding hydrogens is 596 g/mol. The van der Waals surface area contributed by atoms with Crippen molar-refractivity contribution in [1.29, 1.82) is 0 Å². The van der Waals surface area contributed by atoms with Crippen molar-refractivity contribution in [2.75, 3.05) is 12.4 Å². The highest BCUT2D eigenvalue weighted by Crippen LogP contribution is 2.35. The molecule has 0 atom stereocenters. The van der Waals surface area contributed by atoms with Crippen molar-refractivity contribution in [2.45, 2.75) is 46.6 Å². The highest BCUT2D eigenvalue weighted by atomic mass is 35.5. The van der Waals surface area contributed by atoms with E-state index in [0.29, 0.717) is 11.6 Å². The highest BCUT2D eigenvalue weighted by molar-refractivity contribution is 6.31. The SMILES string of the molecule is C/C=C\c1ccc(-c2cc(Cl)cc(C=NC(=NCc3ccccc3)C3=CC=CCCC3)c2)cc1-c1ccccc1NC.C=CN.CC. The van der Waals surface area contributed by atoms with Gasteiger partial charge < -0.3 is 11.1 Å². The second-order valence-electron chi connectivity index (χ2n) is 10.5. The quantitative estimate of drug-likeness (QED) is 0.148. The third-order valence-corrected chi connectivity index (χ3v) is 7.49. The molecule has 242 valence electrons. The molecule has 4 aromatic rings. The van der Waals surface area contributed by atoms with Gasteiger partial charge in [-0.25, -0.2) is 4.99 Å². The molecule has 0 saturated heterocycles. The summed E-state index contributed by atoms with van der Waals surface area (Å²) in [7, 11) is 1.96. The molecule has 0 aromatic heterocycles. The van der Waals surface area contributed by atoms with Gasteiger partial charge in [0.2, 0.25) is 0 Å². The molecule has 3 N–H and O–H groups in total. The Labute approximate surface area is 286 Å². The van der Waals surface area contributed by atoms with Crippen LogP contribution in [0.4, 0.5) is 5.69 Å². The molecule has 4 nitrogen and oxygen atoms in total. The summed E-state index contributed by atoms with van der Waals surface area (Å²) in [5, 5.41) is 4.01. The zero-order chi connectivity index (χ0) is 33.9. The summed E-state index contributed by atoms with van der Waals surface area (Å²) in [4.78, 5) is 9.86.